The second-order valence-corrected chi connectivity index (χ2v) is 4.59. The number of carbonyl (C=O) groups excluding carboxylic acids is 1. The molecule has 0 unspecified atom stereocenters. The fraction of sp³-hybridized carbons (Fsp3) is 0.917. The number of nitrogens with zero attached hydrogens (tertiary/aromatic N) is 4. The summed E-state index contributed by atoms with van der Waals surface area (Å²) in [5, 5.41) is 25.2. The van der Waals surface area contributed by atoms with Gasteiger partial charge in [0.05, 0.1) is 24.7 Å². The van der Waals surface area contributed by atoms with E-state index in [1.165, 1.54) is 5.01 Å². The molecule has 1 N–H and O–H groups in total. The van der Waals surface area contributed by atoms with Crippen molar-refractivity contribution in [1.82, 2.24) is 9.91 Å². The Morgan fingerprint density at radius 1 is 1.29 bits per heavy atom. The van der Waals surface area contributed by atoms with Crippen LogP contribution in [0.5, 0.6) is 0 Å². The molecule has 0 aromatic heterocycles. The molecule has 9 heteroatoms. The van der Waals surface area contributed by atoms with E-state index in [1.807, 2.05) is 0 Å². The molecule has 0 aromatic carbocycles. The number of unbranched alkanes of at least 4 members (excludes halogenated alkanes) is 2. The number of carbonyl (C=O) groups is 1. The van der Waals surface area contributed by atoms with Gasteiger partial charge in [-0.05, 0) is 26.2 Å². The first-order valence-electron chi connectivity index (χ1n) is 7.26. The van der Waals surface area contributed by atoms with Gasteiger partial charge in [-0.3, -0.25) is 0 Å². The van der Waals surface area contributed by atoms with Crippen molar-refractivity contribution in [2.75, 3.05) is 46.0 Å². The standard InChI is InChI=1S/C12H24N4O5/c1-2-20-12(18)14-6-8-15(9-7-14)16(19)13-21-11-5-3-4-10-17/h17H,2-11H2,1H3/b16-13-. The monoisotopic (exact) mass is 304 g/mol. The van der Waals surface area contributed by atoms with Crippen LogP contribution in [0.3, 0.4) is 0 Å². The third-order valence-corrected chi connectivity index (χ3v) is 3.05. The maximum atomic E-state index is 11.7. The molecule has 0 saturated carbocycles. The van der Waals surface area contributed by atoms with Gasteiger partial charge in [0, 0.05) is 19.7 Å². The molecule has 122 valence electrons. The Morgan fingerprint density at radius 2 is 2.00 bits per heavy atom. The van der Waals surface area contributed by atoms with Gasteiger partial charge in [0.25, 0.3) is 0 Å². The van der Waals surface area contributed by atoms with Crippen molar-refractivity contribution >= 4 is 6.09 Å². The predicted octanol–water partition coefficient (Wildman–Crippen LogP) is 0.732. The van der Waals surface area contributed by atoms with E-state index in [-0.39, 0.29) is 12.7 Å². The number of hydrogen-bond acceptors (Lipinski definition) is 6. The van der Waals surface area contributed by atoms with Crippen molar-refractivity contribution in [2.45, 2.75) is 26.2 Å². The highest BCUT2D eigenvalue weighted by atomic mass is 16.7. The summed E-state index contributed by atoms with van der Waals surface area (Å²) in [7, 11) is 0. The molecule has 0 spiro atoms. The van der Waals surface area contributed by atoms with Crippen LogP contribution in [0.4, 0.5) is 4.79 Å². The number of amides is 1. The van der Waals surface area contributed by atoms with E-state index in [0.29, 0.717) is 44.4 Å². The van der Waals surface area contributed by atoms with Gasteiger partial charge in [-0.1, -0.05) is 0 Å². The van der Waals surface area contributed by atoms with Gasteiger partial charge in [0.1, 0.15) is 6.61 Å². The summed E-state index contributed by atoms with van der Waals surface area (Å²) in [6.07, 6.45) is 1.95. The van der Waals surface area contributed by atoms with Crippen LogP contribution in [0.15, 0.2) is 5.28 Å². The van der Waals surface area contributed by atoms with Crippen LogP contribution in [0.1, 0.15) is 26.2 Å². The molecule has 1 aliphatic heterocycles. The summed E-state index contributed by atoms with van der Waals surface area (Å²) in [5.41, 5.74) is 0. The maximum Gasteiger partial charge on any atom is 0.409 e. The summed E-state index contributed by atoms with van der Waals surface area (Å²) in [4.78, 5) is 18.4. The first kappa shape index (κ1) is 17.3. The minimum atomic E-state index is -0.355. The molecule has 0 aliphatic carbocycles. The summed E-state index contributed by atoms with van der Waals surface area (Å²) in [5.74, 6) is 0. The van der Waals surface area contributed by atoms with E-state index in [1.54, 1.807) is 11.8 Å². The lowest BCUT2D eigenvalue weighted by Crippen LogP contribution is -2.50. The number of hydrogen-bond donors (Lipinski definition) is 1. The van der Waals surface area contributed by atoms with Crippen LogP contribution in [-0.4, -0.2) is 72.1 Å². The topological polar surface area (TPSA) is 101 Å². The molecule has 0 radical (unpaired) electrons. The number of aliphatic hydroxyl groups is 1. The molecule has 1 saturated heterocycles. The smallest absolute Gasteiger partial charge is 0.409 e. The Bertz CT molecular complexity index is 332. The Hall–Kier alpha value is -1.77. The zero-order valence-electron chi connectivity index (χ0n) is 12.4. The highest BCUT2D eigenvalue weighted by Crippen LogP contribution is 2.04. The minimum absolute atomic E-state index is 0.162. The Balaban J connectivity index is 2.21. The van der Waals surface area contributed by atoms with E-state index in [2.05, 4.69) is 5.28 Å². The zero-order valence-corrected chi connectivity index (χ0v) is 12.4. The van der Waals surface area contributed by atoms with E-state index in [9.17, 15) is 10.0 Å². The highest BCUT2D eigenvalue weighted by molar-refractivity contribution is 5.67. The lowest BCUT2D eigenvalue weighted by Gasteiger charge is -2.30. The van der Waals surface area contributed by atoms with Gasteiger partial charge < -0.3 is 24.8 Å². The summed E-state index contributed by atoms with van der Waals surface area (Å²) in [6.45, 7) is 4.22. The number of aliphatic hydroxyl groups excluding tert-OH is 1. The molecular formula is C12H24N4O5. The molecule has 0 aromatic rings. The van der Waals surface area contributed by atoms with Gasteiger partial charge in [-0.2, -0.15) is 0 Å². The van der Waals surface area contributed by atoms with Crippen LogP contribution in [-0.2, 0) is 9.57 Å². The van der Waals surface area contributed by atoms with Crippen molar-refractivity contribution in [3.8, 4) is 0 Å². The van der Waals surface area contributed by atoms with Crippen LogP contribution >= 0.6 is 0 Å². The second kappa shape index (κ2) is 10.0. The molecule has 9 nitrogen and oxygen atoms in total. The van der Waals surface area contributed by atoms with Gasteiger partial charge in [0.2, 0.25) is 5.28 Å². The molecule has 1 fully saturated rings. The van der Waals surface area contributed by atoms with Gasteiger partial charge in [-0.15, -0.1) is 5.01 Å². The number of rotatable bonds is 8. The fourth-order valence-corrected chi connectivity index (χ4v) is 1.86. The molecule has 21 heavy (non-hydrogen) atoms. The Kier molecular flexibility index (Phi) is 8.25. The van der Waals surface area contributed by atoms with Gasteiger partial charge in [-0.25, -0.2) is 4.79 Å². The minimum Gasteiger partial charge on any atom is -0.569 e. The second-order valence-electron chi connectivity index (χ2n) is 4.59. The first-order chi connectivity index (χ1) is 10.2. The van der Waals surface area contributed by atoms with Crippen LogP contribution in [0, 0.1) is 5.21 Å². The molecule has 1 rings (SSSR count). The van der Waals surface area contributed by atoms with Crippen molar-refractivity contribution in [3.05, 3.63) is 5.21 Å². The fourth-order valence-electron chi connectivity index (χ4n) is 1.86. The average Bonchev–Trinajstić information content (AvgIpc) is 2.51. The highest BCUT2D eigenvalue weighted by Gasteiger charge is 2.26. The maximum absolute atomic E-state index is 11.7. The SMILES string of the molecule is CCOC(=O)N1CCN(/[N+]([O-])=N/OCCCCCO)CC1. The van der Waals surface area contributed by atoms with E-state index >= 15 is 0 Å². The molecule has 0 atom stereocenters. The molecule has 1 amide bonds. The molecule has 1 aliphatic rings. The quantitative estimate of drug-likeness (QED) is 0.307. The largest absolute Gasteiger partial charge is 0.569 e. The third kappa shape index (κ3) is 6.48. The van der Waals surface area contributed by atoms with Crippen LogP contribution in [0.2, 0.25) is 0 Å². The predicted molar refractivity (Wildman–Crippen MR) is 73.1 cm³/mol. The number of ether oxygens (including phenoxy) is 1. The van der Waals surface area contributed by atoms with Gasteiger partial charge in [0.15, 0.2) is 0 Å². The van der Waals surface area contributed by atoms with Gasteiger partial charge >= 0.3 is 6.09 Å². The molecule has 0 bridgehead atoms. The third-order valence-electron chi connectivity index (χ3n) is 3.05. The van der Waals surface area contributed by atoms with Crippen LogP contribution in [0.25, 0.3) is 0 Å². The lowest BCUT2D eigenvalue weighted by molar-refractivity contribution is -0.712. The number of hydrazine groups is 1. The van der Waals surface area contributed by atoms with Crippen molar-refractivity contribution in [2.24, 2.45) is 5.28 Å². The number of piperazine rings is 1. The first-order valence-corrected chi connectivity index (χ1v) is 7.26. The van der Waals surface area contributed by atoms with E-state index < -0.39 is 0 Å². The molecule has 1 heterocycles. The summed E-state index contributed by atoms with van der Waals surface area (Å²) in [6, 6.07) is 0. The Labute approximate surface area is 124 Å². The summed E-state index contributed by atoms with van der Waals surface area (Å²) >= 11 is 0. The average molecular weight is 304 g/mol. The van der Waals surface area contributed by atoms with E-state index in [0.717, 1.165) is 19.3 Å². The van der Waals surface area contributed by atoms with Crippen molar-refractivity contribution in [3.63, 3.8) is 0 Å². The van der Waals surface area contributed by atoms with E-state index in [4.69, 9.17) is 14.7 Å². The lowest BCUT2D eigenvalue weighted by atomic mass is 10.2. The van der Waals surface area contributed by atoms with Crippen molar-refractivity contribution in [1.29, 1.82) is 0 Å². The normalized spacial score (nSPS) is 16.0. The molecular weight excluding hydrogens is 280 g/mol. The van der Waals surface area contributed by atoms with Crippen molar-refractivity contribution < 1.29 is 24.4 Å². The van der Waals surface area contributed by atoms with Crippen LogP contribution < -0.4 is 0 Å². The summed E-state index contributed by atoms with van der Waals surface area (Å²) < 4.78 is 4.90. The Morgan fingerprint density at radius 3 is 2.62 bits per heavy atom. The zero-order chi connectivity index (χ0) is 15.5.